The standard InChI is InChI=1S/C8H15O8P/c1-4-14-17(11,15-5-12-7(2)9)16-6-13-8(3)10/h4-6H2,1-3H3. The normalized spacial score (nSPS) is 11.0. The van der Waals surface area contributed by atoms with E-state index in [0.29, 0.717) is 0 Å². The van der Waals surface area contributed by atoms with E-state index in [9.17, 15) is 14.2 Å². The van der Waals surface area contributed by atoms with Crippen LogP contribution < -0.4 is 0 Å². The van der Waals surface area contributed by atoms with Gasteiger partial charge >= 0.3 is 19.8 Å². The summed E-state index contributed by atoms with van der Waals surface area (Å²) in [5, 5.41) is 0. The van der Waals surface area contributed by atoms with Crippen LogP contribution in [0, 0.1) is 0 Å². The molecule has 0 unspecified atom stereocenters. The second-order valence-electron chi connectivity index (χ2n) is 2.63. The van der Waals surface area contributed by atoms with Crippen molar-refractivity contribution in [3.8, 4) is 0 Å². The molecule has 0 aromatic heterocycles. The van der Waals surface area contributed by atoms with Crippen LogP contribution in [-0.4, -0.2) is 32.1 Å². The Balaban J connectivity index is 4.10. The van der Waals surface area contributed by atoms with Crippen LogP contribution in [0.3, 0.4) is 0 Å². The minimum atomic E-state index is -3.89. The van der Waals surface area contributed by atoms with Crippen molar-refractivity contribution in [3.63, 3.8) is 0 Å². The van der Waals surface area contributed by atoms with Crippen LogP contribution in [0.2, 0.25) is 0 Å². The lowest BCUT2D eigenvalue weighted by Crippen LogP contribution is -2.09. The number of carbonyl (C=O) groups excluding carboxylic acids is 2. The van der Waals surface area contributed by atoms with E-state index in [2.05, 4.69) is 18.5 Å². The molecule has 100 valence electrons. The van der Waals surface area contributed by atoms with Crippen molar-refractivity contribution >= 4 is 19.8 Å². The lowest BCUT2D eigenvalue weighted by molar-refractivity contribution is -0.150. The first kappa shape index (κ1) is 16.1. The van der Waals surface area contributed by atoms with Gasteiger partial charge in [0.1, 0.15) is 0 Å². The van der Waals surface area contributed by atoms with Crippen LogP contribution in [-0.2, 0) is 37.2 Å². The fraction of sp³-hybridized carbons (Fsp3) is 0.750. The molecule has 0 saturated carbocycles. The van der Waals surface area contributed by atoms with Gasteiger partial charge in [0.2, 0.25) is 13.6 Å². The molecule has 17 heavy (non-hydrogen) atoms. The number of rotatable bonds is 8. The summed E-state index contributed by atoms with van der Waals surface area (Å²) in [7, 11) is -3.89. The van der Waals surface area contributed by atoms with Crippen LogP contribution >= 0.6 is 7.82 Å². The van der Waals surface area contributed by atoms with E-state index in [1.165, 1.54) is 0 Å². The average Bonchev–Trinajstić information content (AvgIpc) is 2.16. The van der Waals surface area contributed by atoms with Gasteiger partial charge in [-0.15, -0.1) is 0 Å². The van der Waals surface area contributed by atoms with Gasteiger partial charge in [0.05, 0.1) is 6.61 Å². The lowest BCUT2D eigenvalue weighted by Gasteiger charge is -2.16. The van der Waals surface area contributed by atoms with Crippen LogP contribution in [0.15, 0.2) is 0 Å². The second kappa shape index (κ2) is 8.19. The minimum Gasteiger partial charge on any atom is -0.438 e. The molecular weight excluding hydrogens is 255 g/mol. The quantitative estimate of drug-likeness (QED) is 0.368. The van der Waals surface area contributed by atoms with Gasteiger partial charge in [-0.2, -0.15) is 0 Å². The van der Waals surface area contributed by atoms with Crippen molar-refractivity contribution in [1.82, 2.24) is 0 Å². The zero-order valence-corrected chi connectivity index (χ0v) is 10.7. The highest BCUT2D eigenvalue weighted by molar-refractivity contribution is 7.48. The molecule has 0 bridgehead atoms. The summed E-state index contributed by atoms with van der Waals surface area (Å²) < 4.78 is 34.5. The van der Waals surface area contributed by atoms with Crippen LogP contribution in [0.1, 0.15) is 20.8 Å². The molecular formula is C8H15O8P. The van der Waals surface area contributed by atoms with E-state index < -0.39 is 33.3 Å². The highest BCUT2D eigenvalue weighted by atomic mass is 31.2. The zero-order chi connectivity index (χ0) is 13.3. The molecule has 0 atom stereocenters. The Morgan fingerprint density at radius 2 is 1.35 bits per heavy atom. The molecule has 0 saturated heterocycles. The van der Waals surface area contributed by atoms with Crippen LogP contribution in [0.25, 0.3) is 0 Å². The maximum absolute atomic E-state index is 11.7. The zero-order valence-electron chi connectivity index (χ0n) is 9.83. The van der Waals surface area contributed by atoms with Gasteiger partial charge in [0.25, 0.3) is 0 Å². The third-order valence-corrected chi connectivity index (χ3v) is 2.65. The van der Waals surface area contributed by atoms with Gasteiger partial charge in [0, 0.05) is 13.8 Å². The predicted octanol–water partition coefficient (Wildman–Crippen LogP) is 1.21. The predicted molar refractivity (Wildman–Crippen MR) is 54.7 cm³/mol. The molecule has 0 N–H and O–H groups in total. The van der Waals surface area contributed by atoms with E-state index in [1.807, 2.05) is 0 Å². The first-order chi connectivity index (χ1) is 7.89. The van der Waals surface area contributed by atoms with Gasteiger partial charge in [-0.3, -0.25) is 14.1 Å². The van der Waals surface area contributed by atoms with Crippen LogP contribution in [0.5, 0.6) is 0 Å². The number of esters is 2. The summed E-state index contributed by atoms with van der Waals surface area (Å²) in [5.74, 6) is -1.21. The second-order valence-corrected chi connectivity index (χ2v) is 4.30. The Morgan fingerprint density at radius 1 is 0.941 bits per heavy atom. The molecule has 0 aromatic carbocycles. The van der Waals surface area contributed by atoms with Crippen molar-refractivity contribution < 1.29 is 37.2 Å². The smallest absolute Gasteiger partial charge is 0.438 e. The molecule has 0 rings (SSSR count). The van der Waals surface area contributed by atoms with E-state index in [1.54, 1.807) is 6.92 Å². The summed E-state index contributed by atoms with van der Waals surface area (Å²) >= 11 is 0. The SMILES string of the molecule is CCOP(=O)(OCOC(C)=O)OCOC(C)=O. The topological polar surface area (TPSA) is 97.4 Å². The minimum absolute atomic E-state index is 0.0530. The Kier molecular flexibility index (Phi) is 7.73. The maximum Gasteiger partial charge on any atom is 0.480 e. The highest BCUT2D eigenvalue weighted by Crippen LogP contribution is 2.49. The third kappa shape index (κ3) is 8.82. The van der Waals surface area contributed by atoms with Crippen molar-refractivity contribution in [2.75, 3.05) is 20.2 Å². The third-order valence-electron chi connectivity index (χ3n) is 1.23. The molecule has 0 aromatic rings. The molecule has 0 fully saturated rings. The molecule has 0 aliphatic heterocycles. The van der Waals surface area contributed by atoms with E-state index in [0.717, 1.165) is 13.8 Å². The molecule has 8 nitrogen and oxygen atoms in total. The highest BCUT2D eigenvalue weighted by Gasteiger charge is 2.27. The Hall–Kier alpha value is -0.950. The number of phosphoric acid groups is 1. The van der Waals surface area contributed by atoms with Crippen molar-refractivity contribution in [2.24, 2.45) is 0 Å². The largest absolute Gasteiger partial charge is 0.480 e. The Labute approximate surface area is 98.7 Å². The van der Waals surface area contributed by atoms with Crippen molar-refractivity contribution in [3.05, 3.63) is 0 Å². The van der Waals surface area contributed by atoms with Gasteiger partial charge in [-0.1, -0.05) is 0 Å². The van der Waals surface area contributed by atoms with Gasteiger partial charge in [-0.05, 0) is 6.92 Å². The van der Waals surface area contributed by atoms with Gasteiger partial charge < -0.3 is 9.47 Å². The summed E-state index contributed by atoms with van der Waals surface area (Å²) in [6, 6.07) is 0. The monoisotopic (exact) mass is 270 g/mol. The number of ether oxygens (including phenoxy) is 2. The maximum atomic E-state index is 11.7. The molecule has 9 heteroatoms. The average molecular weight is 270 g/mol. The Bertz CT molecular complexity index is 278. The Morgan fingerprint density at radius 3 is 1.65 bits per heavy atom. The van der Waals surface area contributed by atoms with Gasteiger partial charge in [0.15, 0.2) is 0 Å². The van der Waals surface area contributed by atoms with Gasteiger partial charge in [-0.25, -0.2) is 13.6 Å². The summed E-state index contributed by atoms with van der Waals surface area (Å²) in [4.78, 5) is 20.9. The summed E-state index contributed by atoms with van der Waals surface area (Å²) in [5.41, 5.74) is 0. The van der Waals surface area contributed by atoms with E-state index in [4.69, 9.17) is 4.52 Å². The molecule has 0 radical (unpaired) electrons. The lowest BCUT2D eigenvalue weighted by atomic mass is 10.8. The van der Waals surface area contributed by atoms with E-state index in [-0.39, 0.29) is 6.61 Å². The van der Waals surface area contributed by atoms with Crippen molar-refractivity contribution in [2.45, 2.75) is 20.8 Å². The van der Waals surface area contributed by atoms with Crippen molar-refractivity contribution in [1.29, 1.82) is 0 Å². The molecule has 0 amide bonds. The fourth-order valence-corrected chi connectivity index (χ4v) is 1.52. The number of hydrogen-bond acceptors (Lipinski definition) is 8. The first-order valence-corrected chi connectivity index (χ1v) is 6.16. The number of phosphoric ester groups is 1. The number of hydrogen-bond donors (Lipinski definition) is 0. The first-order valence-electron chi connectivity index (χ1n) is 4.70. The van der Waals surface area contributed by atoms with E-state index >= 15 is 0 Å². The van der Waals surface area contributed by atoms with Crippen LogP contribution in [0.4, 0.5) is 0 Å². The molecule has 0 spiro atoms. The molecule has 0 aliphatic carbocycles. The molecule has 0 aliphatic rings. The molecule has 0 heterocycles. The summed E-state index contributed by atoms with van der Waals surface area (Å²) in [6.07, 6.45) is 0. The fourth-order valence-electron chi connectivity index (χ4n) is 0.618. The number of carbonyl (C=O) groups is 2. The summed E-state index contributed by atoms with van der Waals surface area (Å²) in [6.45, 7) is 2.79.